The summed E-state index contributed by atoms with van der Waals surface area (Å²) in [6.07, 6.45) is 6.44. The topological polar surface area (TPSA) is 41.9 Å². The van der Waals surface area contributed by atoms with Crippen molar-refractivity contribution in [2.24, 2.45) is 0 Å². The number of aryl methyl sites for hydroxylation is 2. The van der Waals surface area contributed by atoms with Crippen LogP contribution in [0.5, 0.6) is 5.75 Å². The van der Waals surface area contributed by atoms with Crippen LogP contribution in [-0.2, 0) is 4.74 Å². The zero-order valence-electron chi connectivity index (χ0n) is 16.0. The summed E-state index contributed by atoms with van der Waals surface area (Å²) >= 11 is 0. The molecule has 1 heterocycles. The van der Waals surface area contributed by atoms with Gasteiger partial charge in [0.25, 0.3) is 0 Å². The smallest absolute Gasteiger partial charge is 0.134 e. The monoisotopic (exact) mass is 347 g/mol. The van der Waals surface area contributed by atoms with E-state index in [0.29, 0.717) is 25.8 Å². The zero-order valence-corrected chi connectivity index (χ0v) is 16.0. The largest absolute Gasteiger partial charge is 0.490 e. The molecule has 1 aromatic rings. The van der Waals surface area contributed by atoms with Gasteiger partial charge in [0.15, 0.2) is 0 Å². The molecule has 0 amide bonds. The quantitative estimate of drug-likeness (QED) is 0.906. The first-order valence-electron chi connectivity index (χ1n) is 9.72. The van der Waals surface area contributed by atoms with Crippen molar-refractivity contribution in [3.8, 4) is 5.75 Å². The molecule has 1 aromatic carbocycles. The lowest BCUT2D eigenvalue weighted by Gasteiger charge is -2.37. The Morgan fingerprint density at radius 3 is 2.72 bits per heavy atom. The van der Waals surface area contributed by atoms with E-state index in [1.54, 1.807) is 0 Å². The molecule has 4 heteroatoms. The van der Waals surface area contributed by atoms with Crippen molar-refractivity contribution < 1.29 is 14.6 Å². The van der Waals surface area contributed by atoms with Crippen molar-refractivity contribution in [1.82, 2.24) is 4.90 Å². The summed E-state index contributed by atoms with van der Waals surface area (Å²) in [7, 11) is 0. The van der Waals surface area contributed by atoms with Gasteiger partial charge in [-0.15, -0.1) is 0 Å². The molecule has 1 aliphatic carbocycles. The molecule has 0 radical (unpaired) electrons. The van der Waals surface area contributed by atoms with Gasteiger partial charge < -0.3 is 14.6 Å². The Kier molecular flexibility index (Phi) is 6.03. The number of hydrogen-bond donors (Lipinski definition) is 1. The molecule has 1 aliphatic heterocycles. The number of rotatable bonds is 4. The van der Waals surface area contributed by atoms with Crippen molar-refractivity contribution in [2.75, 3.05) is 32.9 Å². The Morgan fingerprint density at radius 1 is 1.20 bits per heavy atom. The molecule has 4 nitrogen and oxygen atoms in total. The van der Waals surface area contributed by atoms with Crippen LogP contribution < -0.4 is 4.74 Å². The van der Waals surface area contributed by atoms with E-state index >= 15 is 0 Å². The predicted octanol–water partition coefficient (Wildman–Crippen LogP) is 3.39. The Labute approximate surface area is 152 Å². The molecule has 1 saturated carbocycles. The second-order valence-corrected chi connectivity index (χ2v) is 8.03. The molecular weight excluding hydrogens is 314 g/mol. The lowest BCUT2D eigenvalue weighted by molar-refractivity contribution is -0.0682. The first-order chi connectivity index (χ1) is 12.0. The molecule has 2 aliphatic rings. The first-order valence-corrected chi connectivity index (χ1v) is 9.72. The fourth-order valence-corrected chi connectivity index (χ4v) is 4.15. The summed E-state index contributed by atoms with van der Waals surface area (Å²) in [5.74, 6) is 0.874. The number of benzene rings is 1. The van der Waals surface area contributed by atoms with E-state index in [9.17, 15) is 5.11 Å². The van der Waals surface area contributed by atoms with Gasteiger partial charge in [-0.2, -0.15) is 0 Å². The van der Waals surface area contributed by atoms with E-state index in [0.717, 1.165) is 17.9 Å². The fraction of sp³-hybridized carbons (Fsp3) is 0.714. The van der Waals surface area contributed by atoms with E-state index in [-0.39, 0.29) is 6.61 Å². The molecule has 0 bridgehead atoms. The minimum absolute atomic E-state index is 0.278. The van der Waals surface area contributed by atoms with Crippen molar-refractivity contribution >= 4 is 0 Å². The first kappa shape index (κ1) is 18.7. The summed E-state index contributed by atoms with van der Waals surface area (Å²) in [5, 5.41) is 11.2. The van der Waals surface area contributed by atoms with Crippen LogP contribution in [0.3, 0.4) is 0 Å². The van der Waals surface area contributed by atoms with Gasteiger partial charge in [-0.25, -0.2) is 0 Å². The highest BCUT2D eigenvalue weighted by Gasteiger charge is 2.36. The third kappa shape index (κ3) is 4.75. The highest BCUT2D eigenvalue weighted by Crippen LogP contribution is 2.27. The van der Waals surface area contributed by atoms with Crippen LogP contribution in [0.15, 0.2) is 12.1 Å². The van der Waals surface area contributed by atoms with Gasteiger partial charge in [0.2, 0.25) is 0 Å². The molecule has 2 fully saturated rings. The highest BCUT2D eigenvalue weighted by atomic mass is 16.5. The zero-order chi connectivity index (χ0) is 17.9. The Bertz CT molecular complexity index is 583. The lowest BCUT2D eigenvalue weighted by Crippen LogP contribution is -2.51. The number of nitrogens with zero attached hydrogens (tertiary/aromatic N) is 1. The van der Waals surface area contributed by atoms with E-state index in [1.165, 1.54) is 43.2 Å². The van der Waals surface area contributed by atoms with Gasteiger partial charge in [-0.1, -0.05) is 25.3 Å². The summed E-state index contributed by atoms with van der Waals surface area (Å²) in [5.41, 5.74) is 2.61. The third-order valence-corrected chi connectivity index (χ3v) is 5.74. The second kappa shape index (κ2) is 8.07. The standard InChI is InChI=1S/C21H33NO3/c1-16-11-17(2)18(3)20(12-16)25-15-21(23)13-22(9-10-24-14-21)19-7-5-4-6-8-19/h11-12,19,23H,4-10,13-15H2,1-3H3/t21-/m1/s1. The number of hydrogen-bond acceptors (Lipinski definition) is 4. The van der Waals surface area contributed by atoms with Gasteiger partial charge in [0.1, 0.15) is 18.0 Å². The molecule has 1 saturated heterocycles. The molecule has 0 spiro atoms. The molecule has 25 heavy (non-hydrogen) atoms. The van der Waals surface area contributed by atoms with Crippen molar-refractivity contribution in [3.05, 3.63) is 28.8 Å². The summed E-state index contributed by atoms with van der Waals surface area (Å²) in [6, 6.07) is 4.81. The van der Waals surface area contributed by atoms with Gasteiger partial charge in [0.05, 0.1) is 13.2 Å². The highest BCUT2D eigenvalue weighted by molar-refractivity contribution is 5.42. The lowest BCUT2D eigenvalue weighted by atomic mass is 9.93. The minimum atomic E-state index is -0.946. The maximum Gasteiger partial charge on any atom is 0.134 e. The van der Waals surface area contributed by atoms with Crippen LogP contribution in [0.4, 0.5) is 0 Å². The molecule has 3 rings (SSSR count). The number of aliphatic hydroxyl groups is 1. The van der Waals surface area contributed by atoms with Crippen molar-refractivity contribution in [2.45, 2.75) is 64.5 Å². The van der Waals surface area contributed by atoms with E-state index in [1.807, 2.05) is 0 Å². The van der Waals surface area contributed by atoms with Crippen LogP contribution in [-0.4, -0.2) is 54.6 Å². The second-order valence-electron chi connectivity index (χ2n) is 8.03. The van der Waals surface area contributed by atoms with Crippen LogP contribution in [0.2, 0.25) is 0 Å². The number of ether oxygens (including phenoxy) is 2. The van der Waals surface area contributed by atoms with E-state index in [4.69, 9.17) is 9.47 Å². The SMILES string of the molecule is Cc1cc(C)c(C)c(OC[C@]2(O)COCCN(C3CCCCC3)C2)c1. The summed E-state index contributed by atoms with van der Waals surface area (Å²) in [4.78, 5) is 2.43. The predicted molar refractivity (Wildman–Crippen MR) is 100 cm³/mol. The van der Waals surface area contributed by atoms with Crippen molar-refractivity contribution in [3.63, 3.8) is 0 Å². The van der Waals surface area contributed by atoms with Crippen LogP contribution in [0.25, 0.3) is 0 Å². The van der Waals surface area contributed by atoms with Crippen LogP contribution >= 0.6 is 0 Å². The Hall–Kier alpha value is -1.10. The maximum atomic E-state index is 11.2. The van der Waals surface area contributed by atoms with Gasteiger partial charge in [0, 0.05) is 19.1 Å². The molecule has 1 atom stereocenters. The maximum absolute atomic E-state index is 11.2. The average molecular weight is 347 g/mol. The average Bonchev–Trinajstić information content (AvgIpc) is 2.80. The Morgan fingerprint density at radius 2 is 1.96 bits per heavy atom. The van der Waals surface area contributed by atoms with E-state index < -0.39 is 5.60 Å². The fourth-order valence-electron chi connectivity index (χ4n) is 4.15. The Balaban J connectivity index is 1.67. The van der Waals surface area contributed by atoms with Gasteiger partial charge >= 0.3 is 0 Å². The minimum Gasteiger partial charge on any atom is -0.490 e. The van der Waals surface area contributed by atoms with Crippen LogP contribution in [0, 0.1) is 20.8 Å². The summed E-state index contributed by atoms with van der Waals surface area (Å²) < 4.78 is 11.8. The normalized spacial score (nSPS) is 26.4. The molecule has 140 valence electrons. The van der Waals surface area contributed by atoms with Crippen molar-refractivity contribution in [1.29, 1.82) is 0 Å². The third-order valence-electron chi connectivity index (χ3n) is 5.74. The molecule has 0 unspecified atom stereocenters. The molecule has 1 N–H and O–H groups in total. The molecule has 0 aromatic heterocycles. The number of β-amino-alcohol motifs (C(OH)–C–C–N with tert-alkyl or cyclic N) is 1. The van der Waals surface area contributed by atoms with E-state index in [2.05, 4.69) is 37.8 Å². The van der Waals surface area contributed by atoms with Gasteiger partial charge in [-0.3, -0.25) is 4.90 Å². The summed E-state index contributed by atoms with van der Waals surface area (Å²) in [6.45, 7) is 9.13. The van der Waals surface area contributed by atoms with Crippen LogP contribution in [0.1, 0.15) is 48.8 Å². The molecular formula is C21H33NO3. The van der Waals surface area contributed by atoms with Gasteiger partial charge in [-0.05, 0) is 56.4 Å².